The zero-order valence-corrected chi connectivity index (χ0v) is 20.0. The van der Waals surface area contributed by atoms with Crippen LogP contribution in [0.1, 0.15) is 59.9 Å². The van der Waals surface area contributed by atoms with Gasteiger partial charge in [0.2, 0.25) is 0 Å². The van der Waals surface area contributed by atoms with E-state index >= 15 is 0 Å². The fourth-order valence-corrected chi connectivity index (χ4v) is 6.14. The summed E-state index contributed by atoms with van der Waals surface area (Å²) in [6.45, 7) is 6.92. The summed E-state index contributed by atoms with van der Waals surface area (Å²) in [6.07, 6.45) is 2.72. The first-order valence-electron chi connectivity index (χ1n) is 10.5. The van der Waals surface area contributed by atoms with Crippen molar-refractivity contribution in [3.05, 3.63) is 62.1 Å². The zero-order chi connectivity index (χ0) is 21.9. The van der Waals surface area contributed by atoms with E-state index in [1.807, 2.05) is 18.2 Å². The number of furan rings is 1. The van der Waals surface area contributed by atoms with Crippen molar-refractivity contribution >= 4 is 45.4 Å². The lowest BCUT2D eigenvalue weighted by Gasteiger charge is -2.34. The molecule has 0 radical (unpaired) electrons. The topological polar surface area (TPSA) is 54.3 Å². The minimum absolute atomic E-state index is 0.0297. The number of fused-ring (bicyclic) bond motifs is 3. The maximum absolute atomic E-state index is 13.0. The summed E-state index contributed by atoms with van der Waals surface area (Å²) in [5.41, 5.74) is 3.15. The van der Waals surface area contributed by atoms with Crippen LogP contribution in [0.3, 0.4) is 0 Å². The van der Waals surface area contributed by atoms with E-state index in [9.17, 15) is 4.79 Å². The standard InChI is InChI=1S/C24H24Cl2N2O2S/c1-24(2,3)13-5-6-14-19(11-13)31-23-20(14)22(29)27-21(28-23)18-9-8-17(30-18)12-4-7-15(25)16(26)10-12/h4,7-10,13,21,28H,5-6,11H2,1-3H3,(H,27,29)/t13-,21+/m1/s1. The summed E-state index contributed by atoms with van der Waals surface area (Å²) in [5, 5.41) is 8.47. The van der Waals surface area contributed by atoms with Crippen LogP contribution in [0.4, 0.5) is 5.00 Å². The molecular formula is C24H24Cl2N2O2S. The van der Waals surface area contributed by atoms with Crippen LogP contribution >= 0.6 is 34.5 Å². The smallest absolute Gasteiger partial charge is 0.256 e. The molecule has 0 unspecified atom stereocenters. The second-order valence-electron chi connectivity index (χ2n) is 9.40. The molecular weight excluding hydrogens is 451 g/mol. The predicted molar refractivity (Wildman–Crippen MR) is 127 cm³/mol. The van der Waals surface area contributed by atoms with Gasteiger partial charge in [-0.1, -0.05) is 44.0 Å². The number of hydrogen-bond acceptors (Lipinski definition) is 4. The van der Waals surface area contributed by atoms with Crippen LogP contribution < -0.4 is 10.6 Å². The third-order valence-corrected chi connectivity index (χ3v) is 8.31. The molecule has 2 aromatic heterocycles. The van der Waals surface area contributed by atoms with Gasteiger partial charge in [-0.05, 0) is 66.5 Å². The Hall–Kier alpha value is -1.95. The van der Waals surface area contributed by atoms with Crippen molar-refractivity contribution in [2.75, 3.05) is 5.32 Å². The highest BCUT2D eigenvalue weighted by atomic mass is 35.5. The summed E-state index contributed by atoms with van der Waals surface area (Å²) in [6, 6.07) is 9.14. The molecule has 1 amide bonds. The monoisotopic (exact) mass is 474 g/mol. The number of anilines is 1. The van der Waals surface area contributed by atoms with Crippen LogP contribution in [0.5, 0.6) is 0 Å². The van der Waals surface area contributed by atoms with Gasteiger partial charge in [0, 0.05) is 10.4 Å². The van der Waals surface area contributed by atoms with Crippen LogP contribution in [0.15, 0.2) is 34.7 Å². The lowest BCUT2D eigenvalue weighted by Crippen LogP contribution is -2.38. The second-order valence-corrected chi connectivity index (χ2v) is 11.3. The molecule has 2 atom stereocenters. The van der Waals surface area contributed by atoms with E-state index in [1.165, 1.54) is 10.4 Å². The van der Waals surface area contributed by atoms with Gasteiger partial charge >= 0.3 is 0 Å². The van der Waals surface area contributed by atoms with E-state index in [1.54, 1.807) is 23.5 Å². The van der Waals surface area contributed by atoms with E-state index in [4.69, 9.17) is 27.6 Å². The lowest BCUT2D eigenvalue weighted by molar-refractivity contribution is 0.0930. The van der Waals surface area contributed by atoms with Crippen molar-refractivity contribution in [3.8, 4) is 11.3 Å². The van der Waals surface area contributed by atoms with Crippen molar-refractivity contribution in [2.45, 2.75) is 46.2 Å². The summed E-state index contributed by atoms with van der Waals surface area (Å²) in [5.74, 6) is 1.93. The number of rotatable bonds is 2. The zero-order valence-electron chi connectivity index (χ0n) is 17.6. The summed E-state index contributed by atoms with van der Waals surface area (Å²) >= 11 is 13.9. The quantitative estimate of drug-likeness (QED) is 0.408. The molecule has 0 fully saturated rings. The molecule has 1 aromatic carbocycles. The van der Waals surface area contributed by atoms with E-state index in [0.717, 1.165) is 35.4 Å². The molecule has 1 aliphatic carbocycles. The Morgan fingerprint density at radius 2 is 1.90 bits per heavy atom. The van der Waals surface area contributed by atoms with Gasteiger partial charge in [-0.25, -0.2) is 0 Å². The summed E-state index contributed by atoms with van der Waals surface area (Å²) < 4.78 is 6.06. The molecule has 7 heteroatoms. The number of thiophene rings is 1. The molecule has 2 N–H and O–H groups in total. The van der Waals surface area contributed by atoms with Gasteiger partial charge in [0.1, 0.15) is 16.5 Å². The van der Waals surface area contributed by atoms with E-state index in [-0.39, 0.29) is 11.3 Å². The summed E-state index contributed by atoms with van der Waals surface area (Å²) in [4.78, 5) is 14.4. The molecule has 3 heterocycles. The Morgan fingerprint density at radius 1 is 1.10 bits per heavy atom. The molecule has 0 bridgehead atoms. The van der Waals surface area contributed by atoms with Crippen molar-refractivity contribution in [2.24, 2.45) is 11.3 Å². The van der Waals surface area contributed by atoms with Gasteiger partial charge in [-0.2, -0.15) is 0 Å². The number of halogens is 2. The minimum atomic E-state index is -0.407. The van der Waals surface area contributed by atoms with E-state index in [2.05, 4.69) is 31.4 Å². The third kappa shape index (κ3) is 3.77. The molecule has 0 saturated carbocycles. The number of amides is 1. The van der Waals surface area contributed by atoms with Gasteiger partial charge in [-0.15, -0.1) is 11.3 Å². The van der Waals surface area contributed by atoms with Crippen LogP contribution in [-0.2, 0) is 12.8 Å². The average molecular weight is 475 g/mol. The number of hydrogen-bond donors (Lipinski definition) is 2. The van der Waals surface area contributed by atoms with Crippen LogP contribution in [-0.4, -0.2) is 5.91 Å². The number of carbonyl (C=O) groups is 1. The fraction of sp³-hybridized carbons (Fsp3) is 0.375. The third-order valence-electron chi connectivity index (χ3n) is 6.38. The first-order chi connectivity index (χ1) is 14.7. The first-order valence-corrected chi connectivity index (χ1v) is 12.0. The Morgan fingerprint density at radius 3 is 2.65 bits per heavy atom. The average Bonchev–Trinajstić information content (AvgIpc) is 3.33. The fourth-order valence-electron chi connectivity index (χ4n) is 4.49. The van der Waals surface area contributed by atoms with Gasteiger partial charge in [0.25, 0.3) is 5.91 Å². The molecule has 0 spiro atoms. The van der Waals surface area contributed by atoms with Crippen LogP contribution in [0, 0.1) is 11.3 Å². The summed E-state index contributed by atoms with van der Waals surface area (Å²) in [7, 11) is 0. The molecule has 31 heavy (non-hydrogen) atoms. The highest BCUT2D eigenvalue weighted by molar-refractivity contribution is 7.16. The molecule has 1 aliphatic heterocycles. The molecule has 4 nitrogen and oxygen atoms in total. The van der Waals surface area contributed by atoms with Crippen molar-refractivity contribution in [1.29, 1.82) is 0 Å². The lowest BCUT2D eigenvalue weighted by atomic mass is 9.72. The number of nitrogens with one attached hydrogen (secondary N) is 2. The Bertz CT molecular complexity index is 1170. The largest absolute Gasteiger partial charge is 0.457 e. The van der Waals surface area contributed by atoms with Gasteiger partial charge < -0.3 is 15.1 Å². The van der Waals surface area contributed by atoms with Gasteiger partial charge in [0.15, 0.2) is 6.17 Å². The molecule has 0 saturated heterocycles. The SMILES string of the molecule is CC(C)(C)[C@@H]1CCc2c(sc3c2C(=O)N[C@H](c2ccc(-c4ccc(Cl)c(Cl)c4)o2)N3)C1. The maximum atomic E-state index is 13.0. The van der Waals surface area contributed by atoms with Crippen molar-refractivity contribution in [3.63, 3.8) is 0 Å². The number of carbonyl (C=O) groups excluding carboxylic acids is 1. The molecule has 2 aliphatic rings. The van der Waals surface area contributed by atoms with E-state index in [0.29, 0.717) is 27.5 Å². The van der Waals surface area contributed by atoms with Gasteiger partial charge in [0.05, 0.1) is 15.6 Å². The minimum Gasteiger partial charge on any atom is -0.457 e. The second kappa shape index (κ2) is 7.58. The highest BCUT2D eigenvalue weighted by Crippen LogP contribution is 2.46. The molecule has 3 aromatic rings. The Labute approximate surface area is 195 Å². The molecule has 5 rings (SSSR count). The molecule has 162 valence electrons. The predicted octanol–water partition coefficient (Wildman–Crippen LogP) is 7.32. The maximum Gasteiger partial charge on any atom is 0.256 e. The van der Waals surface area contributed by atoms with Crippen molar-refractivity contribution in [1.82, 2.24) is 5.32 Å². The Balaban J connectivity index is 1.41. The van der Waals surface area contributed by atoms with Crippen LogP contribution in [0.2, 0.25) is 10.0 Å². The Kier molecular flexibility index (Phi) is 5.11. The normalized spacial score (nSPS) is 20.6. The highest BCUT2D eigenvalue weighted by Gasteiger charge is 2.37. The first kappa shape index (κ1) is 20.9. The van der Waals surface area contributed by atoms with E-state index < -0.39 is 6.17 Å². The van der Waals surface area contributed by atoms with Crippen molar-refractivity contribution < 1.29 is 9.21 Å². The van der Waals surface area contributed by atoms with Gasteiger partial charge in [-0.3, -0.25) is 4.79 Å². The van der Waals surface area contributed by atoms with Crippen LogP contribution in [0.25, 0.3) is 11.3 Å². The number of benzene rings is 1.